The molecule has 0 aromatic rings. The van der Waals surface area contributed by atoms with Gasteiger partial charge in [-0.15, -0.1) is 0 Å². The van der Waals surface area contributed by atoms with E-state index in [4.69, 9.17) is 0 Å². The molecule has 0 radical (unpaired) electrons. The number of hydrogen-bond donors (Lipinski definition) is 2. The second-order valence-electron chi connectivity index (χ2n) is 5.80. The summed E-state index contributed by atoms with van der Waals surface area (Å²) >= 11 is 0. The molecule has 0 aromatic carbocycles. The zero-order valence-corrected chi connectivity index (χ0v) is 11.5. The fourth-order valence-electron chi connectivity index (χ4n) is 2.59. The van der Waals surface area contributed by atoms with Crippen molar-refractivity contribution in [2.45, 2.75) is 64.8 Å². The third-order valence-electron chi connectivity index (χ3n) is 4.09. The van der Waals surface area contributed by atoms with Crippen LogP contribution < -0.4 is 5.32 Å². The summed E-state index contributed by atoms with van der Waals surface area (Å²) in [6, 6.07) is 0. The summed E-state index contributed by atoms with van der Waals surface area (Å²) < 4.78 is 0. The average Bonchev–Trinajstić information content (AvgIpc) is 2.33. The molecule has 1 unspecified atom stereocenters. The molecule has 0 spiro atoms. The first-order valence-electron chi connectivity index (χ1n) is 6.96. The second-order valence-corrected chi connectivity index (χ2v) is 5.80. The van der Waals surface area contributed by atoms with Crippen LogP contribution in [0.25, 0.3) is 0 Å². The smallest absolute Gasteiger partial charge is 0.223 e. The van der Waals surface area contributed by atoms with Crippen LogP contribution in [0, 0.1) is 11.8 Å². The number of amides is 1. The number of aliphatic hydroxyl groups excluding tert-OH is 1. The van der Waals surface area contributed by atoms with Gasteiger partial charge in [0.2, 0.25) is 5.91 Å². The number of rotatable bonds is 5. The molecule has 0 bridgehead atoms. The quantitative estimate of drug-likeness (QED) is 0.777. The monoisotopic (exact) mass is 241 g/mol. The van der Waals surface area contributed by atoms with E-state index >= 15 is 0 Å². The summed E-state index contributed by atoms with van der Waals surface area (Å²) in [5.41, 5.74) is -0.342. The molecule has 0 aliphatic heterocycles. The van der Waals surface area contributed by atoms with Gasteiger partial charge in [-0.3, -0.25) is 4.79 Å². The highest BCUT2D eigenvalue weighted by Crippen LogP contribution is 2.31. The van der Waals surface area contributed by atoms with Crippen LogP contribution in [0.4, 0.5) is 0 Å². The molecule has 3 nitrogen and oxygen atoms in total. The topological polar surface area (TPSA) is 49.3 Å². The predicted octanol–water partition coefficient (Wildman–Crippen LogP) is 2.48. The molecule has 1 aliphatic carbocycles. The largest absolute Gasteiger partial charge is 0.394 e. The van der Waals surface area contributed by atoms with E-state index in [1.54, 1.807) is 0 Å². The normalized spacial score (nSPS) is 30.9. The van der Waals surface area contributed by atoms with E-state index in [-0.39, 0.29) is 24.0 Å². The molecule has 1 amide bonds. The van der Waals surface area contributed by atoms with Crippen molar-refractivity contribution in [3.63, 3.8) is 0 Å². The first-order valence-corrected chi connectivity index (χ1v) is 6.96. The van der Waals surface area contributed by atoms with Gasteiger partial charge in [-0.05, 0) is 38.0 Å². The van der Waals surface area contributed by atoms with Crippen molar-refractivity contribution in [3.8, 4) is 0 Å². The molecule has 0 heterocycles. The first-order chi connectivity index (χ1) is 8.03. The Balaban J connectivity index is 2.54. The van der Waals surface area contributed by atoms with Crippen molar-refractivity contribution in [2.24, 2.45) is 11.8 Å². The maximum Gasteiger partial charge on any atom is 0.223 e. The highest BCUT2D eigenvalue weighted by Gasteiger charge is 2.35. The SMILES string of the molecule is CCCC(C)C(=O)NC1(CO)CCC(C)CC1. The molecule has 3 heteroatoms. The van der Waals surface area contributed by atoms with E-state index in [9.17, 15) is 9.90 Å². The molecule has 1 aliphatic rings. The molecule has 1 atom stereocenters. The van der Waals surface area contributed by atoms with Crippen LogP contribution in [-0.2, 0) is 4.79 Å². The van der Waals surface area contributed by atoms with Gasteiger partial charge >= 0.3 is 0 Å². The summed E-state index contributed by atoms with van der Waals surface area (Å²) in [6.07, 6.45) is 5.97. The Morgan fingerprint density at radius 2 is 2.06 bits per heavy atom. The van der Waals surface area contributed by atoms with Gasteiger partial charge in [-0.2, -0.15) is 0 Å². The minimum atomic E-state index is -0.342. The van der Waals surface area contributed by atoms with E-state index in [1.165, 1.54) is 0 Å². The Morgan fingerprint density at radius 3 is 2.53 bits per heavy atom. The highest BCUT2D eigenvalue weighted by atomic mass is 16.3. The Kier molecular flexibility index (Phi) is 5.44. The van der Waals surface area contributed by atoms with Crippen LogP contribution in [0.5, 0.6) is 0 Å². The summed E-state index contributed by atoms with van der Waals surface area (Å²) in [4.78, 5) is 12.0. The summed E-state index contributed by atoms with van der Waals surface area (Å²) in [7, 11) is 0. The fraction of sp³-hybridized carbons (Fsp3) is 0.929. The van der Waals surface area contributed by atoms with E-state index < -0.39 is 0 Å². The lowest BCUT2D eigenvalue weighted by Crippen LogP contribution is -2.54. The van der Waals surface area contributed by atoms with Crippen LogP contribution in [0.15, 0.2) is 0 Å². The molecule has 17 heavy (non-hydrogen) atoms. The lowest BCUT2D eigenvalue weighted by Gasteiger charge is -2.39. The van der Waals surface area contributed by atoms with Gasteiger partial charge in [-0.1, -0.05) is 27.2 Å². The van der Waals surface area contributed by atoms with Gasteiger partial charge in [0.25, 0.3) is 0 Å². The lowest BCUT2D eigenvalue weighted by atomic mass is 9.77. The molecule has 1 rings (SSSR count). The van der Waals surface area contributed by atoms with Crippen LogP contribution in [0.2, 0.25) is 0 Å². The molecule has 100 valence electrons. The maximum atomic E-state index is 12.0. The Bertz CT molecular complexity index is 245. The standard InChI is InChI=1S/C14H27NO2/c1-4-5-12(3)13(17)15-14(10-16)8-6-11(2)7-9-14/h11-12,16H,4-10H2,1-3H3,(H,15,17). The third kappa shape index (κ3) is 3.98. The van der Waals surface area contributed by atoms with Crippen molar-refractivity contribution in [2.75, 3.05) is 6.61 Å². The van der Waals surface area contributed by atoms with Gasteiger partial charge in [0.05, 0.1) is 12.1 Å². The van der Waals surface area contributed by atoms with Crippen molar-refractivity contribution in [1.82, 2.24) is 5.32 Å². The molecule has 2 N–H and O–H groups in total. The number of carbonyl (C=O) groups excluding carboxylic acids is 1. The molecule has 1 fully saturated rings. The molecule has 0 aromatic heterocycles. The van der Waals surface area contributed by atoms with Gasteiger partial charge < -0.3 is 10.4 Å². The van der Waals surface area contributed by atoms with Crippen molar-refractivity contribution in [3.05, 3.63) is 0 Å². The van der Waals surface area contributed by atoms with Crippen LogP contribution in [0.1, 0.15) is 59.3 Å². The van der Waals surface area contributed by atoms with E-state index in [1.807, 2.05) is 6.92 Å². The van der Waals surface area contributed by atoms with E-state index in [0.717, 1.165) is 44.4 Å². The third-order valence-corrected chi connectivity index (χ3v) is 4.09. The molecule has 1 saturated carbocycles. The zero-order valence-electron chi connectivity index (χ0n) is 11.5. The first kappa shape index (κ1) is 14.5. The summed E-state index contributed by atoms with van der Waals surface area (Å²) in [5.74, 6) is 0.887. The average molecular weight is 241 g/mol. The Morgan fingerprint density at radius 1 is 1.47 bits per heavy atom. The number of aliphatic hydroxyl groups is 1. The minimum absolute atomic E-state index is 0.0581. The fourth-order valence-corrected chi connectivity index (χ4v) is 2.59. The maximum absolute atomic E-state index is 12.0. The van der Waals surface area contributed by atoms with Gasteiger partial charge in [-0.25, -0.2) is 0 Å². The Labute approximate surface area is 105 Å². The van der Waals surface area contributed by atoms with Crippen molar-refractivity contribution < 1.29 is 9.90 Å². The molecular formula is C14H27NO2. The van der Waals surface area contributed by atoms with E-state index in [0.29, 0.717) is 0 Å². The number of nitrogens with one attached hydrogen (secondary N) is 1. The van der Waals surface area contributed by atoms with Crippen molar-refractivity contribution in [1.29, 1.82) is 0 Å². The van der Waals surface area contributed by atoms with Crippen LogP contribution >= 0.6 is 0 Å². The minimum Gasteiger partial charge on any atom is -0.394 e. The molecular weight excluding hydrogens is 214 g/mol. The number of carbonyl (C=O) groups is 1. The molecule has 0 saturated heterocycles. The van der Waals surface area contributed by atoms with E-state index in [2.05, 4.69) is 19.2 Å². The van der Waals surface area contributed by atoms with Gasteiger partial charge in [0, 0.05) is 5.92 Å². The van der Waals surface area contributed by atoms with Crippen molar-refractivity contribution >= 4 is 5.91 Å². The van der Waals surface area contributed by atoms with Crippen LogP contribution in [-0.4, -0.2) is 23.2 Å². The predicted molar refractivity (Wildman–Crippen MR) is 69.7 cm³/mol. The summed E-state index contributed by atoms with van der Waals surface area (Å²) in [6.45, 7) is 6.37. The zero-order chi connectivity index (χ0) is 12.9. The highest BCUT2D eigenvalue weighted by molar-refractivity contribution is 5.79. The second kappa shape index (κ2) is 6.39. The van der Waals surface area contributed by atoms with Crippen LogP contribution in [0.3, 0.4) is 0 Å². The Hall–Kier alpha value is -0.570. The summed E-state index contributed by atoms with van der Waals surface area (Å²) in [5, 5.41) is 12.7. The lowest BCUT2D eigenvalue weighted by molar-refractivity contribution is -0.128. The number of hydrogen-bond acceptors (Lipinski definition) is 2. The van der Waals surface area contributed by atoms with Gasteiger partial charge in [0.15, 0.2) is 0 Å². The van der Waals surface area contributed by atoms with Gasteiger partial charge in [0.1, 0.15) is 0 Å².